The number of sulfonamides is 1. The van der Waals surface area contributed by atoms with E-state index in [1.54, 1.807) is 26.2 Å². The monoisotopic (exact) mass is 832 g/mol. The van der Waals surface area contributed by atoms with Gasteiger partial charge in [0.2, 0.25) is 34.1 Å². The highest BCUT2D eigenvalue weighted by atomic mass is 32.2. The number of carbonyl (C=O) groups excluding carboxylic acids is 4. The topological polar surface area (TPSA) is 171 Å². The van der Waals surface area contributed by atoms with E-state index in [0.29, 0.717) is 41.7 Å². The molecule has 2 amide bonds. The Bertz CT molecular complexity index is 2050. The number of rotatable bonds is 8. The molecule has 0 spiro atoms. The summed E-state index contributed by atoms with van der Waals surface area (Å²) in [5, 5.41) is 0. The number of benzene rings is 1. The fraction of sp³-hybridized carbons (Fsp3) is 0.714. The summed E-state index contributed by atoms with van der Waals surface area (Å²) in [4.78, 5) is 67.7. The van der Waals surface area contributed by atoms with E-state index < -0.39 is 91.9 Å². The molecule has 13 nitrogen and oxygen atoms in total. The molecule has 4 fully saturated rings. The zero-order valence-electron chi connectivity index (χ0n) is 33.5. The van der Waals surface area contributed by atoms with Crippen molar-refractivity contribution in [1.82, 2.24) is 19.6 Å². The van der Waals surface area contributed by atoms with Crippen molar-refractivity contribution in [3.05, 3.63) is 23.9 Å². The number of aryl methyl sites for hydroxylation is 1. The minimum atomic E-state index is -4.19. The number of ketones is 1. The van der Waals surface area contributed by atoms with Gasteiger partial charge in [0.25, 0.3) is 0 Å². The first-order valence-electron chi connectivity index (χ1n) is 20.2. The van der Waals surface area contributed by atoms with Gasteiger partial charge in [0, 0.05) is 24.3 Å². The third kappa shape index (κ3) is 8.54. The average Bonchev–Trinajstić information content (AvgIpc) is 4.08. The normalized spacial score (nSPS) is 31.1. The molecule has 1 aromatic carbocycles. The van der Waals surface area contributed by atoms with Crippen LogP contribution >= 0.6 is 0 Å². The maximum atomic E-state index is 14.8. The molecule has 2 bridgehead atoms. The molecule has 2 aromatic rings. The quantitative estimate of drug-likeness (QED) is 0.301. The summed E-state index contributed by atoms with van der Waals surface area (Å²) < 4.78 is 73.6. The van der Waals surface area contributed by atoms with Gasteiger partial charge in [0.05, 0.1) is 53.2 Å². The summed E-state index contributed by atoms with van der Waals surface area (Å²) in [6.07, 6.45) is 0.101. The molecule has 0 unspecified atom stereocenters. The Labute approximate surface area is 339 Å². The lowest BCUT2D eigenvalue weighted by Crippen LogP contribution is -2.50. The Kier molecular flexibility index (Phi) is 12.0. The molecule has 8 atom stereocenters. The second-order valence-electron chi connectivity index (χ2n) is 18.4. The number of aromatic nitrogens is 2. The van der Waals surface area contributed by atoms with Crippen LogP contribution in [0.2, 0.25) is 0 Å². The Hall–Kier alpha value is -3.95. The molecule has 58 heavy (non-hydrogen) atoms. The summed E-state index contributed by atoms with van der Waals surface area (Å²) in [6, 6.07) is 4.09. The predicted molar refractivity (Wildman–Crippen MR) is 210 cm³/mol. The van der Waals surface area contributed by atoms with E-state index in [-0.39, 0.29) is 44.7 Å². The maximum Gasteiger partial charge on any atom is 0.306 e. The van der Waals surface area contributed by atoms with Crippen LogP contribution in [-0.2, 0) is 40.4 Å². The third-order valence-corrected chi connectivity index (χ3v) is 15.3. The van der Waals surface area contributed by atoms with Gasteiger partial charge < -0.3 is 19.1 Å². The highest BCUT2D eigenvalue weighted by Gasteiger charge is 2.67. The molecular weight excluding hydrogens is 775 g/mol. The van der Waals surface area contributed by atoms with Crippen molar-refractivity contribution in [3.63, 3.8) is 0 Å². The standard InChI is InChI=1S/C41H54F2N4O9S.CH4/c1-22-32-21-47(34(22)30(48)20-41(19-26(41)35(42)43)38(51)46-57(52,53)40(5)14-15-40)37(50)25(39(2,3)4)18-33(49)55-31-16-23(31)10-8-7-9-11-28-36(56-32)45-29-17-24(54-6)12-13-27(29)44-28;/h12-13,17,22-23,25-26,31-32,34-35H,7-11,14-16,18-21H2,1-6H3,(H,46,51);1H4/t22-,23-,25-,26+,31-,32+,34+,41-;/m1./s1. The molecule has 1 saturated heterocycles. The van der Waals surface area contributed by atoms with Crippen LogP contribution in [0.5, 0.6) is 11.6 Å². The van der Waals surface area contributed by atoms with Gasteiger partial charge in [-0.05, 0) is 75.3 Å². The predicted octanol–water partition coefficient (Wildman–Crippen LogP) is 6.20. The summed E-state index contributed by atoms with van der Waals surface area (Å²) in [5.41, 5.74) is -0.981. The van der Waals surface area contributed by atoms with Gasteiger partial charge in [-0.2, -0.15) is 0 Å². The van der Waals surface area contributed by atoms with E-state index in [1.165, 1.54) is 11.8 Å². The van der Waals surface area contributed by atoms with Crippen LogP contribution in [-0.4, -0.2) is 89.9 Å². The molecule has 3 heterocycles. The van der Waals surface area contributed by atoms with Crippen LogP contribution in [0.3, 0.4) is 0 Å². The fourth-order valence-electron chi connectivity index (χ4n) is 8.69. The minimum Gasteiger partial charge on any atom is -0.497 e. The van der Waals surface area contributed by atoms with Crippen LogP contribution < -0.4 is 14.2 Å². The van der Waals surface area contributed by atoms with Crippen LogP contribution in [0.1, 0.15) is 112 Å². The molecule has 2 aliphatic heterocycles. The lowest BCUT2D eigenvalue weighted by molar-refractivity contribution is -0.154. The molecule has 1 aromatic heterocycles. The summed E-state index contributed by atoms with van der Waals surface area (Å²) in [6.45, 7) is 8.55. The first-order valence-corrected chi connectivity index (χ1v) is 21.6. The van der Waals surface area contributed by atoms with E-state index in [4.69, 9.17) is 24.2 Å². The van der Waals surface area contributed by atoms with E-state index >= 15 is 0 Å². The number of halogens is 2. The number of ether oxygens (including phenoxy) is 3. The number of methoxy groups -OCH3 is 1. The van der Waals surface area contributed by atoms with Crippen molar-refractivity contribution >= 4 is 44.6 Å². The number of nitrogens with one attached hydrogen (secondary N) is 1. The summed E-state index contributed by atoms with van der Waals surface area (Å²) in [5.74, 6) is -4.99. The summed E-state index contributed by atoms with van der Waals surface area (Å²) >= 11 is 0. The van der Waals surface area contributed by atoms with E-state index in [0.717, 1.165) is 32.1 Å². The highest BCUT2D eigenvalue weighted by molar-refractivity contribution is 7.91. The SMILES string of the molecule is C.COc1ccc2nc3c(nc2c1)O[C@H]1CN(C(=O)[C@H](C(C)(C)C)CC(=O)O[C@@H]2C[C@H]2CCCCC3)[C@H](C(=O)C[C@]2(C(=O)NS(=O)(=O)C3(C)CC3)C[C@H]2C(F)F)[C@@H]1C. The zero-order valence-corrected chi connectivity index (χ0v) is 34.3. The maximum absolute atomic E-state index is 14.8. The zero-order chi connectivity index (χ0) is 41.2. The van der Waals surface area contributed by atoms with E-state index in [9.17, 15) is 36.4 Å². The fourth-order valence-corrected chi connectivity index (χ4v) is 10.0. The van der Waals surface area contributed by atoms with Gasteiger partial charge in [-0.3, -0.25) is 23.9 Å². The molecule has 1 N–H and O–H groups in total. The van der Waals surface area contributed by atoms with Gasteiger partial charge in [-0.25, -0.2) is 27.2 Å². The minimum absolute atomic E-state index is 0. The molecule has 7 rings (SSSR count). The number of hydrogen-bond acceptors (Lipinski definition) is 11. The highest BCUT2D eigenvalue weighted by Crippen LogP contribution is 2.59. The van der Waals surface area contributed by atoms with E-state index in [1.807, 2.05) is 31.6 Å². The van der Waals surface area contributed by atoms with Crippen LogP contribution in [0.4, 0.5) is 8.78 Å². The van der Waals surface area contributed by atoms with Crippen molar-refractivity contribution in [3.8, 4) is 11.6 Å². The van der Waals surface area contributed by atoms with Crippen molar-refractivity contribution in [2.24, 2.45) is 34.5 Å². The van der Waals surface area contributed by atoms with Gasteiger partial charge in [0.15, 0.2) is 5.78 Å². The number of Topliss-reactive ketones (excluding diaryl/α,β-unsaturated/α-hetero) is 1. The first-order chi connectivity index (χ1) is 26.8. The lowest BCUT2D eigenvalue weighted by atomic mass is 9.77. The van der Waals surface area contributed by atoms with Crippen molar-refractivity contribution in [2.75, 3.05) is 13.7 Å². The summed E-state index contributed by atoms with van der Waals surface area (Å²) in [7, 11) is -2.65. The number of fused-ring (bicyclic) bond motifs is 5. The number of hydrogen-bond donors (Lipinski definition) is 1. The van der Waals surface area contributed by atoms with Gasteiger partial charge in [0.1, 0.15) is 23.7 Å². The number of alkyl halides is 2. The average molecular weight is 833 g/mol. The smallest absolute Gasteiger partial charge is 0.306 e. The van der Waals surface area contributed by atoms with Crippen molar-refractivity contribution < 1.29 is 50.6 Å². The largest absolute Gasteiger partial charge is 0.497 e. The first kappa shape index (κ1) is 43.6. The van der Waals surface area contributed by atoms with Crippen LogP contribution in [0, 0.1) is 34.5 Å². The Morgan fingerprint density at radius 3 is 2.43 bits per heavy atom. The molecule has 0 radical (unpaired) electrons. The van der Waals surface area contributed by atoms with E-state index in [2.05, 4.69) is 0 Å². The second kappa shape index (κ2) is 15.9. The van der Waals surface area contributed by atoms with Gasteiger partial charge in [-0.1, -0.05) is 48.0 Å². The molecule has 3 aliphatic carbocycles. The van der Waals surface area contributed by atoms with Crippen molar-refractivity contribution in [1.29, 1.82) is 0 Å². The molecule has 5 aliphatic rings. The number of amides is 2. The molecule has 3 saturated carbocycles. The number of esters is 1. The van der Waals surface area contributed by atoms with Gasteiger partial charge >= 0.3 is 5.97 Å². The molecular formula is C42H58F2N4O9S. The second-order valence-corrected chi connectivity index (χ2v) is 20.6. The third-order valence-electron chi connectivity index (χ3n) is 13.1. The van der Waals surface area contributed by atoms with Crippen molar-refractivity contribution in [2.45, 2.75) is 142 Å². The Morgan fingerprint density at radius 2 is 1.79 bits per heavy atom. The Balaban J connectivity index is 0.00000567. The van der Waals surface area contributed by atoms with Crippen LogP contribution in [0.15, 0.2) is 18.2 Å². The Morgan fingerprint density at radius 1 is 1.07 bits per heavy atom. The molecule has 320 valence electrons. The van der Waals surface area contributed by atoms with Crippen LogP contribution in [0.25, 0.3) is 11.0 Å². The number of nitrogens with zero attached hydrogens (tertiary/aromatic N) is 3. The number of carbonyl (C=O) groups is 4. The molecule has 16 heteroatoms. The lowest BCUT2D eigenvalue weighted by Gasteiger charge is -2.35. The van der Waals surface area contributed by atoms with Gasteiger partial charge in [-0.15, -0.1) is 0 Å².